The van der Waals surface area contributed by atoms with Gasteiger partial charge in [0.15, 0.2) is 11.5 Å². The van der Waals surface area contributed by atoms with E-state index in [2.05, 4.69) is 87.5 Å². The van der Waals surface area contributed by atoms with Gasteiger partial charge in [0.1, 0.15) is 0 Å². The van der Waals surface area contributed by atoms with E-state index in [1.54, 1.807) is 0 Å². The molecule has 0 amide bonds. The summed E-state index contributed by atoms with van der Waals surface area (Å²) in [5.74, 6) is 0.906. The zero-order chi connectivity index (χ0) is 23.8. The molecule has 1 fully saturated rings. The summed E-state index contributed by atoms with van der Waals surface area (Å²) < 4.78 is 2.06. The maximum absolute atomic E-state index is 6.57. The largest absolute Gasteiger partial charge is 0.321 e. The van der Waals surface area contributed by atoms with Gasteiger partial charge in [-0.25, -0.2) is 4.98 Å². The van der Waals surface area contributed by atoms with E-state index in [-0.39, 0.29) is 13.0 Å². The van der Waals surface area contributed by atoms with E-state index < -0.39 is 0 Å². The summed E-state index contributed by atoms with van der Waals surface area (Å²) >= 11 is 0. The number of nitrogens with zero attached hydrogens (tertiary/aromatic N) is 4. The van der Waals surface area contributed by atoms with E-state index in [9.17, 15) is 0 Å². The molecular weight excluding hydrogens is 444 g/mol. The number of pyridine rings is 2. The van der Waals surface area contributed by atoms with Gasteiger partial charge in [0.2, 0.25) is 0 Å². The minimum absolute atomic E-state index is 0. The van der Waals surface area contributed by atoms with Crippen molar-refractivity contribution in [2.75, 3.05) is 6.54 Å². The molecule has 3 heterocycles. The molecule has 0 saturated heterocycles. The van der Waals surface area contributed by atoms with Crippen molar-refractivity contribution >= 4 is 16.6 Å². The summed E-state index contributed by atoms with van der Waals surface area (Å²) in [6, 6.07) is 23.4. The summed E-state index contributed by atoms with van der Waals surface area (Å²) in [7, 11) is 0. The molecule has 1 aliphatic carbocycles. The predicted octanol–water partition coefficient (Wildman–Crippen LogP) is 6.09. The first kappa shape index (κ1) is 24.1. The van der Waals surface area contributed by atoms with Crippen LogP contribution in [0.4, 0.5) is 0 Å². The van der Waals surface area contributed by atoms with E-state index in [0.717, 1.165) is 70.6 Å². The number of rotatable bonds is 7. The standard InChI is InChI=1S/C29H30N6.CH4/c1-2-16-31-19-26-33-34-28-24-18-23(20-7-4-3-5-8-20)27(32-25(24)13-17-35(26)28)21-9-11-22(12-10-21)29(30)14-6-15-29;/h3-5,7-13,17-18,31H,2,6,14-16,19,30H2,1H3;1H4. The van der Waals surface area contributed by atoms with Crippen LogP contribution in [0.25, 0.3) is 38.9 Å². The average Bonchev–Trinajstić information content (AvgIpc) is 3.31. The highest BCUT2D eigenvalue weighted by molar-refractivity contribution is 5.98. The van der Waals surface area contributed by atoms with Gasteiger partial charge in [-0.3, -0.25) is 4.40 Å². The molecule has 0 unspecified atom stereocenters. The third-order valence-corrected chi connectivity index (χ3v) is 7.21. The van der Waals surface area contributed by atoms with Crippen LogP contribution in [-0.2, 0) is 12.1 Å². The van der Waals surface area contributed by atoms with Crippen LogP contribution in [0.15, 0.2) is 72.9 Å². The fourth-order valence-corrected chi connectivity index (χ4v) is 5.00. The van der Waals surface area contributed by atoms with Crippen LogP contribution in [0.2, 0.25) is 0 Å². The zero-order valence-electron chi connectivity index (χ0n) is 20.0. The number of aromatic nitrogens is 4. The Hall–Kier alpha value is -3.61. The Kier molecular flexibility index (Phi) is 6.56. The maximum atomic E-state index is 6.57. The molecule has 6 heteroatoms. The fraction of sp³-hybridized carbons (Fsp3) is 0.300. The molecule has 0 bridgehead atoms. The molecule has 3 aromatic heterocycles. The highest BCUT2D eigenvalue weighted by atomic mass is 15.3. The van der Waals surface area contributed by atoms with Crippen LogP contribution in [0.3, 0.4) is 0 Å². The Labute approximate surface area is 212 Å². The summed E-state index contributed by atoms with van der Waals surface area (Å²) in [5.41, 5.74) is 13.6. The first-order chi connectivity index (χ1) is 17.2. The first-order valence-corrected chi connectivity index (χ1v) is 12.5. The van der Waals surface area contributed by atoms with Gasteiger partial charge in [-0.05, 0) is 55.5 Å². The molecule has 5 aromatic rings. The Balaban J connectivity index is 0.00000267. The van der Waals surface area contributed by atoms with Crippen molar-refractivity contribution in [3.8, 4) is 22.4 Å². The third-order valence-electron chi connectivity index (χ3n) is 7.21. The molecule has 0 spiro atoms. The Bertz CT molecular complexity index is 1480. The van der Waals surface area contributed by atoms with Crippen molar-refractivity contribution in [3.63, 3.8) is 0 Å². The van der Waals surface area contributed by atoms with Gasteiger partial charge < -0.3 is 11.1 Å². The highest BCUT2D eigenvalue weighted by Crippen LogP contribution is 2.40. The van der Waals surface area contributed by atoms with Crippen LogP contribution in [0.5, 0.6) is 0 Å². The van der Waals surface area contributed by atoms with E-state index >= 15 is 0 Å². The van der Waals surface area contributed by atoms with Crippen LogP contribution < -0.4 is 11.1 Å². The minimum atomic E-state index is -0.166. The van der Waals surface area contributed by atoms with E-state index in [0.29, 0.717) is 6.54 Å². The normalized spacial score (nSPS) is 14.5. The molecule has 36 heavy (non-hydrogen) atoms. The second kappa shape index (κ2) is 9.80. The molecule has 0 atom stereocenters. The zero-order valence-corrected chi connectivity index (χ0v) is 20.0. The topological polar surface area (TPSA) is 81.1 Å². The first-order valence-electron chi connectivity index (χ1n) is 12.5. The summed E-state index contributed by atoms with van der Waals surface area (Å²) in [6.45, 7) is 3.80. The van der Waals surface area contributed by atoms with Crippen LogP contribution in [0, 0.1) is 0 Å². The number of nitrogens with one attached hydrogen (secondary N) is 1. The molecule has 6 nitrogen and oxygen atoms in total. The van der Waals surface area contributed by atoms with Crippen LogP contribution in [0.1, 0.15) is 51.4 Å². The molecule has 2 aromatic carbocycles. The SMILES string of the molecule is C.CCCNCc1nnc2c3cc(-c4ccccc4)c(-c4ccc(C5(N)CCC5)cc4)nc3ccn12. The van der Waals surface area contributed by atoms with Gasteiger partial charge in [-0.2, -0.15) is 0 Å². The van der Waals surface area contributed by atoms with E-state index in [4.69, 9.17) is 10.7 Å². The second-order valence-corrected chi connectivity index (χ2v) is 9.57. The van der Waals surface area contributed by atoms with Gasteiger partial charge in [0, 0.05) is 28.2 Å². The highest BCUT2D eigenvalue weighted by Gasteiger charge is 2.34. The molecule has 184 valence electrons. The lowest BCUT2D eigenvalue weighted by Crippen LogP contribution is -2.43. The quantitative estimate of drug-likeness (QED) is 0.277. The number of benzene rings is 2. The van der Waals surface area contributed by atoms with Gasteiger partial charge in [0.25, 0.3) is 0 Å². The van der Waals surface area contributed by atoms with Crippen molar-refractivity contribution in [1.82, 2.24) is 24.9 Å². The van der Waals surface area contributed by atoms with E-state index in [1.165, 1.54) is 12.0 Å². The van der Waals surface area contributed by atoms with Gasteiger partial charge in [-0.15, -0.1) is 10.2 Å². The average molecular weight is 479 g/mol. The molecule has 3 N–H and O–H groups in total. The molecule has 6 rings (SSSR count). The summed E-state index contributed by atoms with van der Waals surface area (Å²) in [5, 5.41) is 13.4. The van der Waals surface area contributed by atoms with E-state index in [1.807, 2.05) is 12.3 Å². The molecule has 0 radical (unpaired) electrons. The predicted molar refractivity (Wildman–Crippen MR) is 148 cm³/mol. The minimum Gasteiger partial charge on any atom is -0.321 e. The number of fused-ring (bicyclic) bond motifs is 3. The second-order valence-electron chi connectivity index (χ2n) is 9.57. The lowest BCUT2D eigenvalue weighted by Gasteiger charge is -2.38. The monoisotopic (exact) mass is 478 g/mol. The molecule has 0 aliphatic heterocycles. The van der Waals surface area contributed by atoms with Crippen molar-refractivity contribution in [3.05, 3.63) is 84.3 Å². The molecule has 1 aliphatic rings. The summed E-state index contributed by atoms with van der Waals surface area (Å²) in [4.78, 5) is 5.15. The van der Waals surface area contributed by atoms with Crippen molar-refractivity contribution in [2.45, 2.75) is 52.1 Å². The summed E-state index contributed by atoms with van der Waals surface area (Å²) in [6.07, 6.45) is 6.42. The lowest BCUT2D eigenvalue weighted by atomic mass is 9.72. The Morgan fingerprint density at radius 2 is 1.75 bits per heavy atom. The van der Waals surface area contributed by atoms with Gasteiger partial charge >= 0.3 is 0 Å². The van der Waals surface area contributed by atoms with Crippen molar-refractivity contribution in [2.24, 2.45) is 5.73 Å². The Morgan fingerprint density at radius 3 is 2.44 bits per heavy atom. The Morgan fingerprint density at radius 1 is 0.972 bits per heavy atom. The number of hydrogen-bond donors (Lipinski definition) is 2. The molecule has 1 saturated carbocycles. The van der Waals surface area contributed by atoms with Crippen molar-refractivity contribution in [1.29, 1.82) is 0 Å². The fourth-order valence-electron chi connectivity index (χ4n) is 5.00. The third kappa shape index (κ3) is 4.16. The number of hydrogen-bond acceptors (Lipinski definition) is 5. The van der Waals surface area contributed by atoms with Crippen molar-refractivity contribution < 1.29 is 0 Å². The smallest absolute Gasteiger partial charge is 0.170 e. The van der Waals surface area contributed by atoms with Gasteiger partial charge in [0.05, 0.1) is 17.8 Å². The molecular formula is C30H34N6. The van der Waals surface area contributed by atoms with Crippen LogP contribution >= 0.6 is 0 Å². The van der Waals surface area contributed by atoms with Crippen LogP contribution in [-0.4, -0.2) is 26.1 Å². The van der Waals surface area contributed by atoms with Gasteiger partial charge in [-0.1, -0.05) is 68.9 Å². The number of nitrogens with two attached hydrogens (primary N) is 1. The maximum Gasteiger partial charge on any atom is 0.170 e. The lowest BCUT2D eigenvalue weighted by molar-refractivity contribution is 0.253.